The number of hydrogen-bond acceptors (Lipinski definition) is 5. The fourth-order valence-corrected chi connectivity index (χ4v) is 5.78. The van der Waals surface area contributed by atoms with Gasteiger partial charge in [0.05, 0.1) is 27.7 Å². The summed E-state index contributed by atoms with van der Waals surface area (Å²) >= 11 is 13.9. The highest BCUT2D eigenvalue weighted by Crippen LogP contribution is 2.38. The third kappa shape index (κ3) is 5.22. The number of nitrogens with zero attached hydrogens (tertiary/aromatic N) is 2. The number of hydrogen-bond donors (Lipinski definition) is 0. The van der Waals surface area contributed by atoms with Gasteiger partial charge < -0.3 is 14.1 Å². The highest BCUT2D eigenvalue weighted by Gasteiger charge is 2.21. The van der Waals surface area contributed by atoms with Gasteiger partial charge >= 0.3 is 0 Å². The molecule has 33 heavy (non-hydrogen) atoms. The van der Waals surface area contributed by atoms with E-state index in [4.69, 9.17) is 32.4 Å². The van der Waals surface area contributed by atoms with Gasteiger partial charge in [-0.2, -0.15) is 0 Å². The highest BCUT2D eigenvalue weighted by molar-refractivity contribution is 7.22. The second-order valence-electron chi connectivity index (χ2n) is 8.55. The summed E-state index contributed by atoms with van der Waals surface area (Å²) in [5.74, 6) is 2.98. The van der Waals surface area contributed by atoms with Crippen molar-refractivity contribution in [3.63, 3.8) is 0 Å². The van der Waals surface area contributed by atoms with Gasteiger partial charge in [0.1, 0.15) is 11.5 Å². The van der Waals surface area contributed by atoms with Gasteiger partial charge in [0.25, 0.3) is 0 Å². The Hall–Kier alpha value is -2.05. The highest BCUT2D eigenvalue weighted by atomic mass is 35.5. The number of likely N-dealkylation sites (tertiary alicyclic amines) is 1. The Morgan fingerprint density at radius 1 is 1.12 bits per heavy atom. The van der Waals surface area contributed by atoms with E-state index in [0.717, 1.165) is 60.7 Å². The average Bonchev–Trinajstić information content (AvgIpc) is 3.45. The van der Waals surface area contributed by atoms with Gasteiger partial charge in [-0.1, -0.05) is 35.3 Å². The lowest BCUT2D eigenvalue weighted by molar-refractivity contribution is 0.193. The fraction of sp³-hybridized carbons (Fsp3) is 0.346. The molecule has 0 radical (unpaired) electrons. The maximum Gasteiger partial charge on any atom is 0.236 e. The molecule has 5 rings (SSSR count). The minimum absolute atomic E-state index is 0.560. The molecule has 3 heterocycles. The summed E-state index contributed by atoms with van der Waals surface area (Å²) in [5.41, 5.74) is 1.30. The van der Waals surface area contributed by atoms with Gasteiger partial charge in [-0.15, -0.1) is 11.3 Å². The third-order valence-electron chi connectivity index (χ3n) is 6.23. The number of piperidine rings is 1. The molecule has 0 unspecified atom stereocenters. The van der Waals surface area contributed by atoms with Crippen LogP contribution in [0, 0.1) is 6.92 Å². The first kappa shape index (κ1) is 22.7. The molecule has 1 saturated heterocycles. The summed E-state index contributed by atoms with van der Waals surface area (Å²) in [5, 5.41) is 2.40. The normalized spacial score (nSPS) is 15.4. The zero-order valence-corrected chi connectivity index (χ0v) is 20.8. The second-order valence-corrected chi connectivity index (χ2v) is 10.4. The van der Waals surface area contributed by atoms with Crippen LogP contribution in [0.3, 0.4) is 0 Å². The number of thiophene rings is 1. The monoisotopic (exact) mass is 500 g/mol. The number of fused-ring (bicyclic) bond motifs is 1. The standard InChI is InChI=1S/C26H26Cl2N2O2S/c1-17-16-29-26(32-17)25-15-20-23(4-2-5-24(20)33-25)31-13-3-10-30-11-8-18(9-12-30)19-6-7-21(27)22(28)14-19/h2,4-7,14-16,18H,3,8-13H2,1H3. The van der Waals surface area contributed by atoms with E-state index in [1.807, 2.05) is 31.2 Å². The summed E-state index contributed by atoms with van der Waals surface area (Å²) in [4.78, 5) is 7.92. The van der Waals surface area contributed by atoms with Crippen LogP contribution in [0.15, 0.2) is 53.1 Å². The van der Waals surface area contributed by atoms with E-state index < -0.39 is 0 Å². The quantitative estimate of drug-likeness (QED) is 0.242. The van der Waals surface area contributed by atoms with Crippen LogP contribution in [0.2, 0.25) is 10.0 Å². The predicted molar refractivity (Wildman–Crippen MR) is 137 cm³/mol. The van der Waals surface area contributed by atoms with Crippen molar-refractivity contribution < 1.29 is 9.15 Å². The Balaban J connectivity index is 1.12. The Bertz CT molecular complexity index is 1240. The van der Waals surface area contributed by atoms with Crippen molar-refractivity contribution in [2.24, 2.45) is 0 Å². The lowest BCUT2D eigenvalue weighted by Gasteiger charge is -2.32. The molecular formula is C26H26Cl2N2O2S. The molecule has 2 aromatic heterocycles. The topological polar surface area (TPSA) is 38.5 Å². The lowest BCUT2D eigenvalue weighted by Crippen LogP contribution is -2.34. The molecule has 1 fully saturated rings. The molecule has 0 aliphatic carbocycles. The van der Waals surface area contributed by atoms with Crippen LogP contribution in [0.5, 0.6) is 5.75 Å². The SMILES string of the molecule is Cc1cnc(-c2cc3c(OCCCN4CCC(c5ccc(Cl)c(Cl)c5)CC4)cccc3s2)o1. The van der Waals surface area contributed by atoms with Gasteiger partial charge in [-0.3, -0.25) is 0 Å². The molecule has 0 amide bonds. The minimum Gasteiger partial charge on any atom is -0.493 e. The fourth-order valence-electron chi connectivity index (χ4n) is 4.46. The van der Waals surface area contributed by atoms with Crippen LogP contribution in [0.4, 0.5) is 0 Å². The summed E-state index contributed by atoms with van der Waals surface area (Å²) < 4.78 is 13.1. The van der Waals surface area contributed by atoms with Crippen molar-refractivity contribution in [3.8, 4) is 16.5 Å². The molecule has 1 aliphatic heterocycles. The van der Waals surface area contributed by atoms with Crippen molar-refractivity contribution in [2.75, 3.05) is 26.2 Å². The molecule has 4 nitrogen and oxygen atoms in total. The zero-order chi connectivity index (χ0) is 22.8. The Kier molecular flexibility index (Phi) is 6.93. The third-order valence-corrected chi connectivity index (χ3v) is 8.06. The molecule has 0 saturated carbocycles. The van der Waals surface area contributed by atoms with Crippen LogP contribution < -0.4 is 4.74 Å². The van der Waals surface area contributed by atoms with E-state index in [9.17, 15) is 0 Å². The van der Waals surface area contributed by atoms with Crippen molar-refractivity contribution in [3.05, 3.63) is 70.0 Å². The summed E-state index contributed by atoms with van der Waals surface area (Å²) in [7, 11) is 0. The number of halogens is 2. The average molecular weight is 501 g/mol. The van der Waals surface area contributed by atoms with Crippen molar-refractivity contribution in [2.45, 2.75) is 32.1 Å². The molecule has 172 valence electrons. The first-order chi connectivity index (χ1) is 16.1. The predicted octanol–water partition coefficient (Wildman–Crippen LogP) is 7.82. The van der Waals surface area contributed by atoms with E-state index in [-0.39, 0.29) is 0 Å². The molecule has 0 spiro atoms. The number of aromatic nitrogens is 1. The van der Waals surface area contributed by atoms with Crippen LogP contribution >= 0.6 is 34.5 Å². The van der Waals surface area contributed by atoms with E-state index in [0.29, 0.717) is 28.5 Å². The first-order valence-corrected chi connectivity index (χ1v) is 12.9. The zero-order valence-electron chi connectivity index (χ0n) is 18.5. The lowest BCUT2D eigenvalue weighted by atomic mass is 9.89. The maximum atomic E-state index is 6.20. The molecular weight excluding hydrogens is 475 g/mol. The van der Waals surface area contributed by atoms with Crippen LogP contribution in [-0.4, -0.2) is 36.1 Å². The molecule has 0 bridgehead atoms. The molecule has 2 aromatic carbocycles. The number of rotatable bonds is 7. The van der Waals surface area contributed by atoms with Crippen LogP contribution in [0.1, 0.15) is 36.5 Å². The van der Waals surface area contributed by atoms with Crippen molar-refractivity contribution in [1.82, 2.24) is 9.88 Å². The molecule has 0 atom stereocenters. The Labute approximate surface area is 208 Å². The smallest absolute Gasteiger partial charge is 0.236 e. The molecule has 7 heteroatoms. The second kappa shape index (κ2) is 10.1. The van der Waals surface area contributed by atoms with E-state index in [1.165, 1.54) is 10.3 Å². The van der Waals surface area contributed by atoms with Gasteiger partial charge in [0.2, 0.25) is 5.89 Å². The number of benzene rings is 2. The maximum absolute atomic E-state index is 6.20. The van der Waals surface area contributed by atoms with Gasteiger partial charge in [-0.05, 0) is 81.1 Å². The number of aryl methyl sites for hydroxylation is 1. The summed E-state index contributed by atoms with van der Waals surface area (Å²) in [6, 6.07) is 14.4. The van der Waals surface area contributed by atoms with Gasteiger partial charge in [0.15, 0.2) is 0 Å². The van der Waals surface area contributed by atoms with Crippen LogP contribution in [0.25, 0.3) is 20.9 Å². The molecule has 4 aromatic rings. The summed E-state index contributed by atoms with van der Waals surface area (Å²) in [6.07, 6.45) is 5.06. The van der Waals surface area contributed by atoms with E-state index in [2.05, 4.69) is 28.1 Å². The molecule has 1 aliphatic rings. The van der Waals surface area contributed by atoms with E-state index in [1.54, 1.807) is 17.5 Å². The van der Waals surface area contributed by atoms with E-state index >= 15 is 0 Å². The van der Waals surface area contributed by atoms with Gasteiger partial charge in [-0.25, -0.2) is 4.98 Å². The van der Waals surface area contributed by atoms with Crippen LogP contribution in [-0.2, 0) is 0 Å². The number of oxazole rings is 1. The first-order valence-electron chi connectivity index (χ1n) is 11.3. The number of ether oxygens (including phenoxy) is 1. The largest absolute Gasteiger partial charge is 0.493 e. The molecule has 0 N–H and O–H groups in total. The van der Waals surface area contributed by atoms with Gasteiger partial charge in [0, 0.05) is 16.6 Å². The van der Waals surface area contributed by atoms with Crippen molar-refractivity contribution in [1.29, 1.82) is 0 Å². The Morgan fingerprint density at radius 3 is 2.73 bits per heavy atom. The summed E-state index contributed by atoms with van der Waals surface area (Å²) in [6.45, 7) is 5.87. The Morgan fingerprint density at radius 2 is 1.97 bits per heavy atom. The van der Waals surface area contributed by atoms with Crippen molar-refractivity contribution >= 4 is 44.6 Å². The minimum atomic E-state index is 0.560.